The molecule has 1 aromatic heterocycles. The number of nitrogens with one attached hydrogen (secondary N) is 2. The minimum absolute atomic E-state index is 0.0550. The minimum atomic E-state index is -2.99. The van der Waals surface area contributed by atoms with Crippen molar-refractivity contribution in [3.05, 3.63) is 35.6 Å². The summed E-state index contributed by atoms with van der Waals surface area (Å²) in [5, 5.41) is 8.96. The third kappa shape index (κ3) is 3.87. The average molecular weight is 371 g/mol. The van der Waals surface area contributed by atoms with Crippen LogP contribution in [0.1, 0.15) is 6.42 Å². The molecule has 1 saturated heterocycles. The standard InChI is InChI=1S/C15H13ClF2N4O3/c16-11-4-9(1-2-12(11)25-15(17)18)21-14(24)8-3-13(23)22(7-8)10-5-19-20-6-10/h1-2,4-6,8,15H,3,7H2,(H,19,20)(H,21,24)/t8-/m1/s1. The van der Waals surface area contributed by atoms with Crippen molar-refractivity contribution in [1.82, 2.24) is 10.2 Å². The van der Waals surface area contributed by atoms with E-state index in [0.717, 1.165) is 0 Å². The highest BCUT2D eigenvalue weighted by Gasteiger charge is 2.35. The van der Waals surface area contributed by atoms with Crippen LogP contribution in [0.2, 0.25) is 5.02 Å². The van der Waals surface area contributed by atoms with E-state index < -0.39 is 12.5 Å². The Hall–Kier alpha value is -2.68. The Morgan fingerprint density at radius 3 is 2.92 bits per heavy atom. The Labute approximate surface area is 145 Å². The molecule has 0 radical (unpaired) electrons. The molecular formula is C15H13ClF2N4O3. The quantitative estimate of drug-likeness (QED) is 0.847. The summed E-state index contributed by atoms with van der Waals surface area (Å²) >= 11 is 5.85. The molecule has 0 bridgehead atoms. The summed E-state index contributed by atoms with van der Waals surface area (Å²) in [4.78, 5) is 25.9. The maximum Gasteiger partial charge on any atom is 0.387 e. The monoisotopic (exact) mass is 370 g/mol. The lowest BCUT2D eigenvalue weighted by atomic mass is 10.1. The molecule has 1 atom stereocenters. The van der Waals surface area contributed by atoms with Crippen molar-refractivity contribution in [2.45, 2.75) is 13.0 Å². The number of hydrogen-bond acceptors (Lipinski definition) is 4. The largest absolute Gasteiger partial charge is 0.433 e. The van der Waals surface area contributed by atoms with Crippen LogP contribution >= 0.6 is 11.6 Å². The summed E-state index contributed by atoms with van der Waals surface area (Å²) in [7, 11) is 0. The first kappa shape index (κ1) is 17.2. The maximum absolute atomic E-state index is 12.3. The van der Waals surface area contributed by atoms with E-state index >= 15 is 0 Å². The number of amides is 2. The summed E-state index contributed by atoms with van der Waals surface area (Å²) in [5.74, 6) is -1.27. The number of hydrogen-bond donors (Lipinski definition) is 2. The number of aromatic nitrogens is 2. The number of halogens is 3. The molecule has 132 valence electrons. The van der Waals surface area contributed by atoms with Gasteiger partial charge >= 0.3 is 6.61 Å². The Morgan fingerprint density at radius 2 is 2.28 bits per heavy atom. The summed E-state index contributed by atoms with van der Waals surface area (Å²) in [6.07, 6.45) is 3.14. The van der Waals surface area contributed by atoms with Crippen molar-refractivity contribution in [2.24, 2.45) is 5.92 Å². The zero-order valence-corrected chi connectivity index (χ0v) is 13.5. The minimum Gasteiger partial charge on any atom is -0.433 e. The molecule has 1 fully saturated rings. The molecular weight excluding hydrogens is 358 g/mol. The first-order chi connectivity index (χ1) is 11.9. The van der Waals surface area contributed by atoms with E-state index in [2.05, 4.69) is 20.3 Å². The van der Waals surface area contributed by atoms with Crippen LogP contribution in [0.3, 0.4) is 0 Å². The van der Waals surface area contributed by atoms with E-state index in [-0.39, 0.29) is 35.6 Å². The molecule has 1 aromatic carbocycles. The van der Waals surface area contributed by atoms with Crippen LogP contribution in [0.25, 0.3) is 0 Å². The predicted octanol–water partition coefficient (Wildman–Crippen LogP) is 2.66. The summed E-state index contributed by atoms with van der Waals surface area (Å²) < 4.78 is 28.7. The van der Waals surface area contributed by atoms with Gasteiger partial charge in [-0.05, 0) is 18.2 Å². The number of carbonyl (C=O) groups is 2. The van der Waals surface area contributed by atoms with Crippen LogP contribution in [-0.2, 0) is 9.59 Å². The highest BCUT2D eigenvalue weighted by atomic mass is 35.5. The fourth-order valence-electron chi connectivity index (χ4n) is 2.54. The highest BCUT2D eigenvalue weighted by molar-refractivity contribution is 6.32. The van der Waals surface area contributed by atoms with Crippen molar-refractivity contribution < 1.29 is 23.1 Å². The molecule has 1 aliphatic heterocycles. The van der Waals surface area contributed by atoms with Gasteiger partial charge in [-0.15, -0.1) is 0 Å². The normalized spacial score (nSPS) is 17.2. The smallest absolute Gasteiger partial charge is 0.387 e. The molecule has 0 spiro atoms. The van der Waals surface area contributed by atoms with Gasteiger partial charge in [-0.3, -0.25) is 14.7 Å². The molecule has 1 aliphatic rings. The van der Waals surface area contributed by atoms with Gasteiger partial charge in [-0.1, -0.05) is 11.6 Å². The second-order valence-electron chi connectivity index (χ2n) is 5.37. The second kappa shape index (κ2) is 7.06. The van der Waals surface area contributed by atoms with Crippen molar-refractivity contribution in [3.63, 3.8) is 0 Å². The predicted molar refractivity (Wildman–Crippen MR) is 85.8 cm³/mol. The molecule has 0 saturated carbocycles. The number of carbonyl (C=O) groups excluding carboxylic acids is 2. The van der Waals surface area contributed by atoms with Crippen molar-refractivity contribution in [1.29, 1.82) is 0 Å². The van der Waals surface area contributed by atoms with E-state index in [0.29, 0.717) is 11.4 Å². The van der Waals surface area contributed by atoms with Gasteiger partial charge in [0.25, 0.3) is 0 Å². The third-order valence-corrected chi connectivity index (χ3v) is 4.00. The topological polar surface area (TPSA) is 87.3 Å². The molecule has 0 aliphatic carbocycles. The zero-order valence-electron chi connectivity index (χ0n) is 12.7. The van der Waals surface area contributed by atoms with Crippen LogP contribution in [0.5, 0.6) is 5.75 Å². The lowest BCUT2D eigenvalue weighted by molar-refractivity contribution is -0.122. The molecule has 2 amide bonds. The van der Waals surface area contributed by atoms with Gasteiger partial charge in [-0.2, -0.15) is 13.9 Å². The van der Waals surface area contributed by atoms with Gasteiger partial charge in [0.05, 0.1) is 22.8 Å². The van der Waals surface area contributed by atoms with Crippen LogP contribution in [0.4, 0.5) is 20.2 Å². The van der Waals surface area contributed by atoms with E-state index in [1.54, 1.807) is 6.20 Å². The van der Waals surface area contributed by atoms with Crippen LogP contribution in [0, 0.1) is 5.92 Å². The van der Waals surface area contributed by atoms with Crippen LogP contribution in [0.15, 0.2) is 30.6 Å². The molecule has 0 unspecified atom stereocenters. The fraction of sp³-hybridized carbons (Fsp3) is 0.267. The first-order valence-electron chi connectivity index (χ1n) is 7.28. The molecule has 25 heavy (non-hydrogen) atoms. The van der Waals surface area contributed by atoms with Crippen LogP contribution < -0.4 is 15.0 Å². The van der Waals surface area contributed by atoms with Crippen molar-refractivity contribution >= 4 is 34.8 Å². The van der Waals surface area contributed by atoms with Crippen molar-refractivity contribution in [3.8, 4) is 5.75 Å². The third-order valence-electron chi connectivity index (χ3n) is 3.71. The number of aromatic amines is 1. The SMILES string of the molecule is O=C(Nc1ccc(OC(F)F)c(Cl)c1)[C@@H]1CC(=O)N(c2cn[nH]c2)C1. The lowest BCUT2D eigenvalue weighted by Gasteiger charge is -2.14. The average Bonchev–Trinajstić information content (AvgIpc) is 3.18. The highest BCUT2D eigenvalue weighted by Crippen LogP contribution is 2.30. The van der Waals surface area contributed by atoms with Crippen LogP contribution in [-0.4, -0.2) is 35.2 Å². The van der Waals surface area contributed by atoms with Gasteiger partial charge in [0.15, 0.2) is 0 Å². The van der Waals surface area contributed by atoms with Crippen molar-refractivity contribution in [2.75, 3.05) is 16.8 Å². The number of anilines is 2. The Kier molecular flexibility index (Phi) is 4.84. The number of ether oxygens (including phenoxy) is 1. The number of rotatable bonds is 5. The number of nitrogens with zero attached hydrogens (tertiary/aromatic N) is 2. The number of benzene rings is 1. The molecule has 2 aromatic rings. The second-order valence-corrected chi connectivity index (χ2v) is 5.78. The van der Waals surface area contributed by atoms with Gasteiger partial charge in [0.2, 0.25) is 11.8 Å². The Balaban J connectivity index is 1.65. The summed E-state index contributed by atoms with van der Waals surface area (Å²) in [6, 6.07) is 3.94. The van der Waals surface area contributed by atoms with Gasteiger partial charge in [0, 0.05) is 24.8 Å². The lowest BCUT2D eigenvalue weighted by Crippen LogP contribution is -2.27. The van der Waals surface area contributed by atoms with E-state index in [4.69, 9.17) is 11.6 Å². The zero-order chi connectivity index (χ0) is 18.0. The molecule has 3 rings (SSSR count). The molecule has 10 heteroatoms. The van der Waals surface area contributed by atoms with E-state index in [9.17, 15) is 18.4 Å². The fourth-order valence-corrected chi connectivity index (χ4v) is 2.76. The summed E-state index contributed by atoms with van der Waals surface area (Å²) in [5.41, 5.74) is 0.919. The maximum atomic E-state index is 12.3. The van der Waals surface area contributed by atoms with E-state index in [1.807, 2.05) is 0 Å². The van der Waals surface area contributed by atoms with Gasteiger partial charge in [-0.25, -0.2) is 0 Å². The van der Waals surface area contributed by atoms with E-state index in [1.165, 1.54) is 29.3 Å². The molecule has 2 heterocycles. The first-order valence-corrected chi connectivity index (χ1v) is 7.66. The number of alkyl halides is 2. The molecule has 7 nitrogen and oxygen atoms in total. The van der Waals surface area contributed by atoms with Gasteiger partial charge in [0.1, 0.15) is 5.75 Å². The number of H-pyrrole nitrogens is 1. The van der Waals surface area contributed by atoms with Gasteiger partial charge < -0.3 is 15.0 Å². The summed E-state index contributed by atoms with van der Waals surface area (Å²) in [6.45, 7) is -2.76. The Morgan fingerprint density at radius 1 is 1.48 bits per heavy atom. The Bertz CT molecular complexity index is 785. The molecule has 2 N–H and O–H groups in total.